The number of nitrogens with zero attached hydrogens (tertiary/aromatic N) is 5. The van der Waals surface area contributed by atoms with E-state index in [-0.39, 0.29) is 0 Å². The molecule has 0 bridgehead atoms. The van der Waals surface area contributed by atoms with Crippen LogP contribution < -0.4 is 0 Å². The van der Waals surface area contributed by atoms with Crippen molar-refractivity contribution in [2.75, 3.05) is 0 Å². The number of fused-ring (bicyclic) bond motifs is 3. The van der Waals surface area contributed by atoms with Crippen LogP contribution in [0.4, 0.5) is 0 Å². The van der Waals surface area contributed by atoms with Crippen molar-refractivity contribution in [2.45, 2.75) is 6.92 Å². The van der Waals surface area contributed by atoms with Gasteiger partial charge in [-0.25, -0.2) is 15.0 Å². The highest BCUT2D eigenvalue weighted by Crippen LogP contribution is 2.34. The third-order valence-electron chi connectivity index (χ3n) is 9.26. The molecule has 0 saturated heterocycles. The summed E-state index contributed by atoms with van der Waals surface area (Å²) in [5, 5.41) is 2.18. The Kier molecular flexibility index (Phi) is 7.63. The predicted octanol–water partition coefficient (Wildman–Crippen LogP) is 11.3. The van der Waals surface area contributed by atoms with Gasteiger partial charge < -0.3 is 0 Å². The van der Waals surface area contributed by atoms with E-state index < -0.39 is 0 Å². The fourth-order valence-corrected chi connectivity index (χ4v) is 6.66. The van der Waals surface area contributed by atoms with E-state index in [0.29, 0.717) is 5.82 Å². The smallest absolute Gasteiger partial charge is 0.160 e. The van der Waals surface area contributed by atoms with Crippen molar-refractivity contribution >= 4 is 21.8 Å². The molecule has 9 aromatic rings. The average molecular weight is 654 g/mol. The highest BCUT2D eigenvalue weighted by molar-refractivity contribution is 6.08. The molecule has 0 spiro atoms. The van der Waals surface area contributed by atoms with E-state index >= 15 is 0 Å². The summed E-state index contributed by atoms with van der Waals surface area (Å²) in [5.41, 5.74) is 14.0. The van der Waals surface area contributed by atoms with Gasteiger partial charge in [0.15, 0.2) is 5.82 Å². The van der Waals surface area contributed by atoms with E-state index in [9.17, 15) is 0 Å². The molecular weight excluding hydrogens is 623 g/mol. The summed E-state index contributed by atoms with van der Waals surface area (Å²) in [5.74, 6) is 0.674. The van der Waals surface area contributed by atoms with E-state index in [0.717, 1.165) is 78.0 Å². The third-order valence-corrected chi connectivity index (χ3v) is 9.26. The average Bonchev–Trinajstić information content (AvgIpc) is 3.21. The van der Waals surface area contributed by atoms with Crippen LogP contribution in [0, 0.1) is 6.92 Å². The van der Waals surface area contributed by atoms with Crippen LogP contribution in [-0.2, 0) is 0 Å². The number of rotatable bonds is 6. The van der Waals surface area contributed by atoms with E-state index in [1.807, 2.05) is 55.6 Å². The largest absolute Gasteiger partial charge is 0.264 e. The highest BCUT2D eigenvalue weighted by Gasteiger charge is 2.14. The number of benzene rings is 5. The molecule has 0 unspecified atom stereocenters. The fourth-order valence-electron chi connectivity index (χ4n) is 6.66. The number of pyridine rings is 3. The molecule has 0 amide bonds. The lowest BCUT2D eigenvalue weighted by Gasteiger charge is -2.11. The van der Waals surface area contributed by atoms with Gasteiger partial charge in [-0.05, 0) is 59.5 Å². The molecule has 5 nitrogen and oxygen atoms in total. The molecule has 0 aliphatic heterocycles. The lowest BCUT2D eigenvalue weighted by molar-refractivity contribution is 1.18. The Morgan fingerprint density at radius 3 is 1.67 bits per heavy atom. The Morgan fingerprint density at radius 2 is 0.980 bits per heavy atom. The third kappa shape index (κ3) is 5.91. The summed E-state index contributed by atoms with van der Waals surface area (Å²) in [6.07, 6.45) is 3.61. The first kappa shape index (κ1) is 30.2. The quantitative estimate of drug-likeness (QED) is 0.167. The summed E-state index contributed by atoms with van der Waals surface area (Å²) in [6.45, 7) is 2.05. The molecular formula is C46H31N5. The number of aromatic nitrogens is 5. The number of aryl methyl sites for hydroxylation is 1. The fraction of sp³-hybridized carbons (Fsp3) is 0.0217. The minimum Gasteiger partial charge on any atom is -0.264 e. The molecule has 0 fully saturated rings. The monoisotopic (exact) mass is 653 g/mol. The Bertz CT molecular complexity index is 2600. The first-order valence-electron chi connectivity index (χ1n) is 17.0. The van der Waals surface area contributed by atoms with Crippen molar-refractivity contribution in [1.29, 1.82) is 0 Å². The van der Waals surface area contributed by atoms with E-state index in [1.54, 1.807) is 6.20 Å². The molecule has 4 aromatic heterocycles. The zero-order chi connectivity index (χ0) is 34.1. The maximum Gasteiger partial charge on any atom is 0.160 e. The maximum absolute atomic E-state index is 5.17. The van der Waals surface area contributed by atoms with Crippen LogP contribution in [0.25, 0.3) is 89.2 Å². The molecule has 5 aromatic carbocycles. The maximum atomic E-state index is 5.17. The van der Waals surface area contributed by atoms with Crippen molar-refractivity contribution in [2.24, 2.45) is 0 Å². The van der Waals surface area contributed by atoms with Gasteiger partial charge in [-0.2, -0.15) is 0 Å². The Labute approximate surface area is 296 Å². The molecule has 51 heavy (non-hydrogen) atoms. The molecule has 4 heterocycles. The van der Waals surface area contributed by atoms with Gasteiger partial charge in [-0.3, -0.25) is 9.97 Å². The summed E-state index contributed by atoms with van der Waals surface area (Å²) in [6, 6.07) is 54.4. The molecule has 5 heteroatoms. The van der Waals surface area contributed by atoms with Crippen LogP contribution in [0.3, 0.4) is 0 Å². The lowest BCUT2D eigenvalue weighted by Crippen LogP contribution is -1.96. The van der Waals surface area contributed by atoms with Crippen LogP contribution in [0.2, 0.25) is 0 Å². The molecule has 0 saturated carbocycles. The second-order valence-corrected chi connectivity index (χ2v) is 12.6. The molecule has 9 rings (SSSR count). The minimum absolute atomic E-state index is 0.674. The Morgan fingerprint density at radius 1 is 0.392 bits per heavy atom. The first-order chi connectivity index (χ1) is 25.2. The second-order valence-electron chi connectivity index (χ2n) is 12.6. The summed E-state index contributed by atoms with van der Waals surface area (Å²) in [4.78, 5) is 24.4. The van der Waals surface area contributed by atoms with Gasteiger partial charge in [0.1, 0.15) is 0 Å². The van der Waals surface area contributed by atoms with Gasteiger partial charge in [-0.15, -0.1) is 0 Å². The van der Waals surface area contributed by atoms with Gasteiger partial charge >= 0.3 is 0 Å². The van der Waals surface area contributed by atoms with Gasteiger partial charge in [-0.1, -0.05) is 127 Å². The van der Waals surface area contributed by atoms with Crippen molar-refractivity contribution in [3.63, 3.8) is 0 Å². The standard InChI is InChI=1S/C46H31N5/c1-30-27-40(33-9-4-2-5-10-33)39-24-22-36-23-25-41(49-44(36)45(39)48-30)35-18-14-31(15-19-35)32-16-20-37(21-17-32)46-50-42(34-11-6-3-7-12-34)28-43(51-46)38-13-8-26-47-29-38/h2-29H,1H3. The molecule has 0 atom stereocenters. The van der Waals surface area contributed by atoms with Gasteiger partial charge in [0.05, 0.1) is 28.1 Å². The van der Waals surface area contributed by atoms with Crippen LogP contribution in [0.15, 0.2) is 170 Å². The number of hydrogen-bond acceptors (Lipinski definition) is 5. The molecule has 0 aliphatic rings. The van der Waals surface area contributed by atoms with Crippen LogP contribution in [-0.4, -0.2) is 24.9 Å². The molecule has 0 radical (unpaired) electrons. The van der Waals surface area contributed by atoms with Crippen LogP contribution in [0.5, 0.6) is 0 Å². The highest BCUT2D eigenvalue weighted by atomic mass is 14.9. The van der Waals surface area contributed by atoms with Crippen molar-refractivity contribution in [3.8, 4) is 67.4 Å². The van der Waals surface area contributed by atoms with Gasteiger partial charge in [0, 0.05) is 51.1 Å². The molecule has 240 valence electrons. The van der Waals surface area contributed by atoms with E-state index in [1.165, 1.54) is 11.1 Å². The predicted molar refractivity (Wildman–Crippen MR) is 208 cm³/mol. The Hall–Kier alpha value is -6.85. The topological polar surface area (TPSA) is 64.5 Å². The van der Waals surface area contributed by atoms with E-state index in [2.05, 4.69) is 120 Å². The SMILES string of the molecule is Cc1cc(-c2ccccc2)c2ccc3ccc(-c4ccc(-c5ccc(-c6nc(-c7ccccc7)cc(-c7cccnc7)n6)cc5)cc4)nc3c2n1. The molecule has 0 N–H and O–H groups in total. The first-order valence-corrected chi connectivity index (χ1v) is 17.0. The Balaban J connectivity index is 1.03. The van der Waals surface area contributed by atoms with Gasteiger partial charge in [0.25, 0.3) is 0 Å². The van der Waals surface area contributed by atoms with Crippen molar-refractivity contribution in [1.82, 2.24) is 24.9 Å². The second kappa shape index (κ2) is 12.9. The minimum atomic E-state index is 0.674. The lowest BCUT2D eigenvalue weighted by atomic mass is 9.98. The van der Waals surface area contributed by atoms with Crippen molar-refractivity contribution < 1.29 is 0 Å². The van der Waals surface area contributed by atoms with Crippen LogP contribution in [0.1, 0.15) is 5.69 Å². The number of hydrogen-bond donors (Lipinski definition) is 0. The normalized spacial score (nSPS) is 11.2. The van der Waals surface area contributed by atoms with Crippen molar-refractivity contribution in [3.05, 3.63) is 176 Å². The zero-order valence-electron chi connectivity index (χ0n) is 27.9. The summed E-state index contributed by atoms with van der Waals surface area (Å²) >= 11 is 0. The van der Waals surface area contributed by atoms with Gasteiger partial charge in [0.2, 0.25) is 0 Å². The summed E-state index contributed by atoms with van der Waals surface area (Å²) in [7, 11) is 0. The zero-order valence-corrected chi connectivity index (χ0v) is 27.9. The van der Waals surface area contributed by atoms with E-state index in [4.69, 9.17) is 19.9 Å². The molecule has 0 aliphatic carbocycles. The summed E-state index contributed by atoms with van der Waals surface area (Å²) < 4.78 is 0. The van der Waals surface area contributed by atoms with Crippen LogP contribution >= 0.6 is 0 Å².